The Morgan fingerprint density at radius 3 is 2.24 bits per heavy atom. The lowest BCUT2D eigenvalue weighted by Gasteiger charge is -2.39. The maximum Gasteiger partial charge on any atom is 0.340 e. The molecular weight excluding hydrogens is 833 g/mol. The predicted molar refractivity (Wildman–Crippen MR) is 238 cm³/mol. The van der Waals surface area contributed by atoms with Gasteiger partial charge in [0.25, 0.3) is 0 Å². The van der Waals surface area contributed by atoms with E-state index in [0.29, 0.717) is 59.8 Å². The molecule has 1 unspecified atom stereocenters. The number of aromatic amines is 2. The fourth-order valence-electron chi connectivity index (χ4n) is 8.85. The maximum absolute atomic E-state index is 13.6. The SMILES string of the molecule is CCc1c(C)c2cc3[nH]c(cc4nc(c(CC(=O)OC)c5nc(cc1[nH]2)C(C)=C5C(=O)OC)[C@@H](CCC(=O)OC)[C@@H]4C)c(C)c3C(C)OCCCS[C@@H]1O[C@H](CO)[C@@H](O)[C@H](O)[C@@H]1O. The number of rotatable bonds is 15. The summed E-state index contributed by atoms with van der Waals surface area (Å²) in [4.78, 5) is 57.0. The lowest BCUT2D eigenvalue weighted by Crippen LogP contribution is -2.57. The first-order chi connectivity index (χ1) is 30.1. The highest BCUT2D eigenvalue weighted by atomic mass is 32.2. The van der Waals surface area contributed by atoms with E-state index in [1.807, 2.05) is 32.9 Å². The number of ether oxygens (including phenoxy) is 5. The third-order valence-electron chi connectivity index (χ3n) is 12.5. The van der Waals surface area contributed by atoms with Crippen molar-refractivity contribution in [3.8, 4) is 0 Å². The summed E-state index contributed by atoms with van der Waals surface area (Å²) in [5.74, 6) is -1.65. The molecule has 6 heterocycles. The molecule has 16 nitrogen and oxygen atoms in total. The summed E-state index contributed by atoms with van der Waals surface area (Å²) < 4.78 is 27.6. The number of allylic oxidation sites excluding steroid dienone is 1. The van der Waals surface area contributed by atoms with Crippen molar-refractivity contribution < 1.29 is 58.5 Å². The molecule has 0 saturated carbocycles. The van der Waals surface area contributed by atoms with Crippen LogP contribution in [-0.2, 0) is 50.9 Å². The lowest BCUT2D eigenvalue weighted by molar-refractivity contribution is -0.205. The number of esters is 3. The van der Waals surface area contributed by atoms with Crippen LogP contribution in [0.2, 0.25) is 0 Å². The molecule has 1 fully saturated rings. The Kier molecular flexibility index (Phi) is 15.6. The van der Waals surface area contributed by atoms with Gasteiger partial charge in [-0.25, -0.2) is 9.78 Å². The number of nitrogens with one attached hydrogen (secondary N) is 2. The molecule has 63 heavy (non-hydrogen) atoms. The molecule has 17 heteroatoms. The van der Waals surface area contributed by atoms with Gasteiger partial charge in [0.1, 0.15) is 29.9 Å². The van der Waals surface area contributed by atoms with Crippen molar-refractivity contribution >= 4 is 62.9 Å². The second-order valence-corrected chi connectivity index (χ2v) is 17.5. The summed E-state index contributed by atoms with van der Waals surface area (Å²) >= 11 is 1.28. The standard InChI is InChI=1S/C46H60N4O12S/c1-10-26-21(2)29-19-34-38(25(6)61-14-11-15-63-46-44(56)43(55)42(54)35(20-51)62-46)23(4)31(48-34)17-30-22(3)27(12-13-36(52)58-7)40(49-30)28(16-37(53)59-8)41-39(45(57)60-9)24(5)32(50-41)18-33(26)47-29/h17-19,22,25,27,35,42-44,46-48,51,54-56H,10-16,20H2,1-9H3/t22-,25?,27-,35+,42+,43-,44-,46-/m0/s1. The minimum atomic E-state index is -1.43. The molecule has 0 aromatic carbocycles. The molecule has 6 N–H and O–H groups in total. The summed E-state index contributed by atoms with van der Waals surface area (Å²) in [5.41, 5.74) is 9.60. The van der Waals surface area contributed by atoms with Crippen molar-refractivity contribution in [2.24, 2.45) is 0 Å². The summed E-state index contributed by atoms with van der Waals surface area (Å²) in [6, 6.07) is 5.97. The second kappa shape index (κ2) is 20.5. The molecule has 3 aromatic rings. The largest absolute Gasteiger partial charge is 0.469 e. The topological polar surface area (TPSA) is 236 Å². The van der Waals surface area contributed by atoms with Crippen LogP contribution in [-0.4, -0.2) is 128 Å². The Hall–Kier alpha value is -4.62. The van der Waals surface area contributed by atoms with Crippen LogP contribution in [0.25, 0.3) is 33.2 Å². The Balaban J connectivity index is 1.51. The average Bonchev–Trinajstić information content (AvgIpc) is 3.96. The van der Waals surface area contributed by atoms with Crippen LogP contribution in [0.3, 0.4) is 0 Å². The van der Waals surface area contributed by atoms with Crippen LogP contribution in [0.4, 0.5) is 0 Å². The number of aryl methyl sites for hydroxylation is 3. The number of carbonyl (C=O) groups is 3. The minimum absolute atomic E-state index is 0.0917. The maximum atomic E-state index is 13.6. The smallest absolute Gasteiger partial charge is 0.340 e. The van der Waals surface area contributed by atoms with Gasteiger partial charge in [-0.05, 0) is 93.2 Å². The van der Waals surface area contributed by atoms with Crippen molar-refractivity contribution in [1.82, 2.24) is 19.9 Å². The third-order valence-corrected chi connectivity index (χ3v) is 13.8. The zero-order valence-corrected chi connectivity index (χ0v) is 38.2. The van der Waals surface area contributed by atoms with Gasteiger partial charge < -0.3 is 54.1 Å². The minimum Gasteiger partial charge on any atom is -0.469 e. The molecule has 8 atom stereocenters. The highest BCUT2D eigenvalue weighted by Crippen LogP contribution is 2.44. The zero-order chi connectivity index (χ0) is 45.9. The number of hydrogen-bond donors (Lipinski definition) is 6. The first-order valence-electron chi connectivity index (χ1n) is 21.3. The molecule has 8 bridgehead atoms. The Bertz CT molecular complexity index is 2410. The Morgan fingerprint density at radius 1 is 0.873 bits per heavy atom. The highest BCUT2D eigenvalue weighted by molar-refractivity contribution is 7.99. The number of methoxy groups -OCH3 is 3. The van der Waals surface area contributed by atoms with Crippen LogP contribution < -0.4 is 0 Å². The van der Waals surface area contributed by atoms with E-state index in [1.165, 1.54) is 33.1 Å². The van der Waals surface area contributed by atoms with Crippen molar-refractivity contribution in [2.75, 3.05) is 40.3 Å². The van der Waals surface area contributed by atoms with Gasteiger partial charge in [-0.3, -0.25) is 14.6 Å². The second-order valence-electron chi connectivity index (χ2n) is 16.3. The number of fused-ring (bicyclic) bond motifs is 8. The third kappa shape index (κ3) is 9.75. The summed E-state index contributed by atoms with van der Waals surface area (Å²) in [5, 5.41) is 40.4. The molecule has 1 saturated heterocycles. The monoisotopic (exact) mass is 892 g/mol. The predicted octanol–water partition coefficient (Wildman–Crippen LogP) is 5.15. The van der Waals surface area contributed by atoms with E-state index in [0.717, 1.165) is 44.3 Å². The van der Waals surface area contributed by atoms with E-state index >= 15 is 0 Å². The van der Waals surface area contributed by atoms with Crippen LogP contribution in [0.1, 0.15) is 115 Å². The highest BCUT2D eigenvalue weighted by Gasteiger charge is 2.43. The quantitative estimate of drug-likeness (QED) is 0.0657. The van der Waals surface area contributed by atoms with Gasteiger partial charge in [0.15, 0.2) is 0 Å². The summed E-state index contributed by atoms with van der Waals surface area (Å²) in [6.45, 7) is 11.8. The van der Waals surface area contributed by atoms with E-state index in [1.54, 1.807) is 6.92 Å². The number of thioether (sulfide) groups is 1. The fraction of sp³-hybridized carbons (Fsp3) is 0.543. The van der Waals surface area contributed by atoms with E-state index in [-0.39, 0.29) is 48.0 Å². The van der Waals surface area contributed by atoms with Crippen molar-refractivity contribution in [2.45, 2.75) is 121 Å². The molecule has 0 aliphatic carbocycles. The Labute approximate surface area is 370 Å². The van der Waals surface area contributed by atoms with E-state index in [2.05, 4.69) is 29.9 Å². The van der Waals surface area contributed by atoms with Gasteiger partial charge in [-0.15, -0.1) is 11.8 Å². The van der Waals surface area contributed by atoms with E-state index in [4.69, 9.17) is 33.7 Å². The molecule has 342 valence electrons. The summed E-state index contributed by atoms with van der Waals surface area (Å²) in [7, 11) is 3.94. The van der Waals surface area contributed by atoms with Gasteiger partial charge in [0.2, 0.25) is 0 Å². The number of hydrogen-bond acceptors (Lipinski definition) is 15. The van der Waals surface area contributed by atoms with Crippen molar-refractivity contribution in [1.29, 1.82) is 0 Å². The number of aliphatic hydroxyl groups excluding tert-OH is 4. The van der Waals surface area contributed by atoms with Gasteiger partial charge in [-0.1, -0.05) is 13.8 Å². The summed E-state index contributed by atoms with van der Waals surface area (Å²) in [6.07, 6.45) is -4.04. The number of aromatic nitrogens is 4. The van der Waals surface area contributed by atoms with Crippen molar-refractivity contribution in [3.05, 3.63) is 68.8 Å². The Morgan fingerprint density at radius 2 is 1.57 bits per heavy atom. The molecule has 6 rings (SSSR count). The molecule has 3 aliphatic heterocycles. The zero-order valence-electron chi connectivity index (χ0n) is 37.4. The number of aliphatic hydroxyl groups is 4. The molecule has 0 amide bonds. The van der Waals surface area contributed by atoms with Crippen LogP contribution in [0.5, 0.6) is 0 Å². The average molecular weight is 893 g/mol. The van der Waals surface area contributed by atoms with E-state index < -0.39 is 48.4 Å². The lowest BCUT2D eigenvalue weighted by atomic mass is 9.84. The van der Waals surface area contributed by atoms with Crippen LogP contribution in [0, 0.1) is 13.8 Å². The van der Waals surface area contributed by atoms with Gasteiger partial charge in [0, 0.05) is 63.8 Å². The van der Waals surface area contributed by atoms with Gasteiger partial charge in [-0.2, -0.15) is 0 Å². The normalized spacial score (nSPS) is 22.8. The van der Waals surface area contributed by atoms with Gasteiger partial charge >= 0.3 is 17.9 Å². The van der Waals surface area contributed by atoms with Crippen LogP contribution >= 0.6 is 11.8 Å². The number of H-pyrrole nitrogens is 2. The molecule has 0 radical (unpaired) electrons. The number of nitrogens with zero attached hydrogens (tertiary/aromatic N) is 2. The van der Waals surface area contributed by atoms with Crippen LogP contribution in [0.15, 0.2) is 18.2 Å². The van der Waals surface area contributed by atoms with E-state index in [9.17, 15) is 34.8 Å². The van der Waals surface area contributed by atoms with Crippen molar-refractivity contribution in [3.63, 3.8) is 0 Å². The van der Waals surface area contributed by atoms with Gasteiger partial charge in [0.05, 0.1) is 63.1 Å². The molecule has 3 aromatic heterocycles. The fourth-order valence-corrected chi connectivity index (χ4v) is 9.94. The molecular formula is C46H60N4O12S. The first kappa shape index (κ1) is 47.8. The molecule has 0 spiro atoms. The molecule has 3 aliphatic rings. The number of carbonyl (C=O) groups excluding carboxylic acids is 3. The first-order valence-corrected chi connectivity index (χ1v) is 22.4.